The smallest absolute Gasteiger partial charge is 0.129 e. The molecule has 0 saturated heterocycles. The molecule has 0 aliphatic carbocycles. The Morgan fingerprint density at radius 1 is 0.253 bits per heavy atom. The minimum absolute atomic E-state index is 0.111. The minimum atomic E-state index is -1.07. The molecule has 9 heteroatoms. The van der Waals surface area contributed by atoms with Crippen LogP contribution in [0, 0.1) is 0 Å². The average Bonchev–Trinajstić information content (AvgIpc) is 0.811. The number of phenolic OH excluding ortho intramolecular Hbond substituents is 1. The SMILES string of the molecule is Oc1c(COCc2cc(OCc3cc(OCc4ccccc4)cc(OCc4ccccc4)c3)cc(OCc3cc(OCc4ccccc4)cc(OCc4ccccc4)c3)c2)cc2ccccc2c1-c1c(P(c2ccccc2)c2ccccc2)ccc2ccccc12. The molecule has 448 valence electrons. The highest BCUT2D eigenvalue weighted by atomic mass is 31.1. The molecule has 0 heterocycles. The molecule has 13 aromatic carbocycles. The standard InChI is InChI=1S/C82H67O8P/c83-82-68(47-67-32-20-22-38-78(67)81(82)80-77-37-21-19-31-66(77)39-40-79(80)91(75-33-15-5-16-34-75)76-35-17-6-18-36-76)58-84-51-63-41-69(89-56-64-43-71(85-52-59-23-7-1-8-24-59)49-72(44-64)86-53-60-25-9-2-10-26-60)48-70(42-63)90-57-65-45-73(87-54-61-27-11-3-12-28-61)50-74(46-65)88-55-62-29-13-4-14-30-62/h1-50,83H,51-58H2. The summed E-state index contributed by atoms with van der Waals surface area (Å²) in [5.41, 5.74) is 9.17. The first-order valence-corrected chi connectivity index (χ1v) is 31.9. The summed E-state index contributed by atoms with van der Waals surface area (Å²) >= 11 is 0. The van der Waals surface area contributed by atoms with Gasteiger partial charge in [0.25, 0.3) is 0 Å². The quantitative estimate of drug-likeness (QED) is 0.0537. The monoisotopic (exact) mass is 1210 g/mol. The molecule has 91 heavy (non-hydrogen) atoms. The van der Waals surface area contributed by atoms with Gasteiger partial charge in [0.15, 0.2) is 0 Å². The zero-order valence-electron chi connectivity index (χ0n) is 50.3. The highest BCUT2D eigenvalue weighted by Crippen LogP contribution is 2.47. The van der Waals surface area contributed by atoms with Crippen LogP contribution in [0.3, 0.4) is 0 Å². The van der Waals surface area contributed by atoms with Gasteiger partial charge in [0, 0.05) is 34.9 Å². The van der Waals surface area contributed by atoms with E-state index in [0.29, 0.717) is 66.5 Å². The second-order valence-electron chi connectivity index (χ2n) is 22.3. The third kappa shape index (κ3) is 15.3. The minimum Gasteiger partial charge on any atom is -0.507 e. The van der Waals surface area contributed by atoms with Crippen molar-refractivity contribution in [2.24, 2.45) is 0 Å². The van der Waals surface area contributed by atoms with Gasteiger partial charge in [0.05, 0.1) is 13.2 Å². The molecule has 0 fully saturated rings. The highest BCUT2D eigenvalue weighted by Gasteiger charge is 2.26. The van der Waals surface area contributed by atoms with Crippen LogP contribution in [-0.4, -0.2) is 5.11 Å². The maximum absolute atomic E-state index is 13.0. The molecule has 0 unspecified atom stereocenters. The maximum atomic E-state index is 13.0. The van der Waals surface area contributed by atoms with Gasteiger partial charge < -0.3 is 38.3 Å². The van der Waals surface area contributed by atoms with E-state index in [1.54, 1.807) is 0 Å². The molecule has 0 saturated carbocycles. The Labute approximate surface area is 532 Å². The molecule has 0 atom stereocenters. The molecule has 0 aromatic heterocycles. The van der Waals surface area contributed by atoms with Crippen LogP contribution in [0.1, 0.15) is 44.5 Å². The molecule has 0 amide bonds. The number of fused-ring (bicyclic) bond motifs is 2. The Kier molecular flexibility index (Phi) is 19.0. The number of ether oxygens (including phenoxy) is 7. The predicted octanol–water partition coefficient (Wildman–Crippen LogP) is 18.3. The summed E-state index contributed by atoms with van der Waals surface area (Å²) in [6.07, 6.45) is 0. The van der Waals surface area contributed by atoms with Crippen LogP contribution in [0.25, 0.3) is 32.7 Å². The van der Waals surface area contributed by atoms with Crippen molar-refractivity contribution in [3.63, 3.8) is 0 Å². The van der Waals surface area contributed by atoms with Crippen molar-refractivity contribution in [2.75, 3.05) is 0 Å². The highest BCUT2D eigenvalue weighted by molar-refractivity contribution is 7.80. The van der Waals surface area contributed by atoms with Crippen molar-refractivity contribution in [1.82, 2.24) is 0 Å². The molecule has 0 radical (unpaired) electrons. The molecular formula is C82H67O8P. The summed E-state index contributed by atoms with van der Waals surface area (Å²) in [6.45, 7) is 2.22. The third-order valence-corrected chi connectivity index (χ3v) is 18.2. The molecule has 1 N–H and O–H groups in total. The zero-order valence-corrected chi connectivity index (χ0v) is 51.2. The molecule has 13 rings (SSSR count). The summed E-state index contributed by atoms with van der Waals surface area (Å²) in [5.74, 6) is 3.95. The fraction of sp³-hybridized carbons (Fsp3) is 0.0976. The molecule has 0 bridgehead atoms. The number of aromatic hydroxyl groups is 1. The Morgan fingerprint density at radius 3 is 0.967 bits per heavy atom. The molecule has 0 aliphatic heterocycles. The van der Waals surface area contributed by atoms with Crippen molar-refractivity contribution >= 4 is 45.4 Å². The van der Waals surface area contributed by atoms with Crippen LogP contribution in [0.2, 0.25) is 0 Å². The Balaban J connectivity index is 0.823. The first-order chi connectivity index (χ1) is 45.0. The largest absolute Gasteiger partial charge is 0.507 e. The molecule has 0 aliphatic rings. The van der Waals surface area contributed by atoms with E-state index in [4.69, 9.17) is 33.2 Å². The van der Waals surface area contributed by atoms with Crippen molar-refractivity contribution < 1.29 is 38.3 Å². The van der Waals surface area contributed by atoms with E-state index in [0.717, 1.165) is 76.9 Å². The van der Waals surface area contributed by atoms with Gasteiger partial charge >= 0.3 is 0 Å². The van der Waals surface area contributed by atoms with Crippen LogP contribution in [0.4, 0.5) is 0 Å². The second-order valence-corrected chi connectivity index (χ2v) is 24.5. The topological polar surface area (TPSA) is 84.8 Å². The van der Waals surface area contributed by atoms with E-state index in [1.807, 2.05) is 188 Å². The second kappa shape index (κ2) is 29.1. The van der Waals surface area contributed by atoms with Gasteiger partial charge in [-0.2, -0.15) is 0 Å². The van der Waals surface area contributed by atoms with Gasteiger partial charge in [-0.05, 0) is 127 Å². The first kappa shape index (κ1) is 59.3. The lowest BCUT2D eigenvalue weighted by atomic mass is 9.91. The predicted molar refractivity (Wildman–Crippen MR) is 367 cm³/mol. The summed E-state index contributed by atoms with van der Waals surface area (Å²) in [4.78, 5) is 0. The van der Waals surface area contributed by atoms with Crippen molar-refractivity contribution in [3.8, 4) is 51.4 Å². The Hall–Kier alpha value is -10.6. The molecule has 8 nitrogen and oxygen atoms in total. The van der Waals surface area contributed by atoms with Crippen LogP contribution in [0.15, 0.2) is 303 Å². The van der Waals surface area contributed by atoms with Crippen LogP contribution in [-0.2, 0) is 57.6 Å². The molecule has 0 spiro atoms. The average molecular weight is 1210 g/mol. The van der Waals surface area contributed by atoms with E-state index < -0.39 is 7.92 Å². The maximum Gasteiger partial charge on any atom is 0.129 e. The summed E-state index contributed by atoms with van der Waals surface area (Å²) < 4.78 is 45.8. The van der Waals surface area contributed by atoms with E-state index in [2.05, 4.69) is 115 Å². The normalized spacial score (nSPS) is 11.2. The van der Waals surface area contributed by atoms with Gasteiger partial charge in [0.1, 0.15) is 79.9 Å². The van der Waals surface area contributed by atoms with Crippen LogP contribution >= 0.6 is 7.92 Å². The fourth-order valence-corrected chi connectivity index (χ4v) is 13.7. The van der Waals surface area contributed by atoms with Gasteiger partial charge in [-0.3, -0.25) is 0 Å². The summed E-state index contributed by atoms with van der Waals surface area (Å²) in [6, 6.07) is 103. The van der Waals surface area contributed by atoms with E-state index in [9.17, 15) is 5.11 Å². The third-order valence-electron chi connectivity index (χ3n) is 15.7. The Morgan fingerprint density at radius 2 is 0.571 bits per heavy atom. The molecular weight excluding hydrogens is 1140 g/mol. The van der Waals surface area contributed by atoms with Crippen molar-refractivity contribution in [2.45, 2.75) is 52.9 Å². The number of hydrogen-bond donors (Lipinski definition) is 1. The van der Waals surface area contributed by atoms with Crippen LogP contribution < -0.4 is 44.3 Å². The lowest BCUT2D eigenvalue weighted by molar-refractivity contribution is 0.105. The number of hydrogen-bond acceptors (Lipinski definition) is 8. The van der Waals surface area contributed by atoms with Gasteiger partial charge in [-0.1, -0.05) is 243 Å². The number of benzene rings is 13. The summed E-state index contributed by atoms with van der Waals surface area (Å²) in [7, 11) is -1.07. The lowest BCUT2D eigenvalue weighted by Crippen LogP contribution is -2.22. The molecule has 13 aromatic rings. The lowest BCUT2D eigenvalue weighted by Gasteiger charge is -2.25. The van der Waals surface area contributed by atoms with Crippen molar-refractivity contribution in [3.05, 3.63) is 348 Å². The fourth-order valence-electron chi connectivity index (χ4n) is 11.3. The van der Waals surface area contributed by atoms with Crippen LogP contribution in [0.5, 0.6) is 40.2 Å². The zero-order chi connectivity index (χ0) is 61.4. The van der Waals surface area contributed by atoms with E-state index in [1.165, 1.54) is 10.6 Å². The number of rotatable bonds is 26. The van der Waals surface area contributed by atoms with Gasteiger partial charge in [0.2, 0.25) is 0 Å². The first-order valence-electron chi connectivity index (χ1n) is 30.6. The van der Waals surface area contributed by atoms with Gasteiger partial charge in [-0.15, -0.1) is 0 Å². The van der Waals surface area contributed by atoms with E-state index in [-0.39, 0.29) is 32.2 Å². The summed E-state index contributed by atoms with van der Waals surface area (Å²) in [5, 5.41) is 20.7. The number of phenols is 1. The van der Waals surface area contributed by atoms with Crippen molar-refractivity contribution in [1.29, 1.82) is 0 Å². The van der Waals surface area contributed by atoms with Gasteiger partial charge in [-0.25, -0.2) is 0 Å². The van der Waals surface area contributed by atoms with E-state index >= 15 is 0 Å². The Bertz CT molecular complexity index is 4190.